The van der Waals surface area contributed by atoms with Crippen molar-refractivity contribution in [3.05, 3.63) is 23.8 Å². The maximum absolute atomic E-state index is 13.6. The van der Waals surface area contributed by atoms with Crippen LogP contribution in [0.25, 0.3) is 0 Å². The van der Waals surface area contributed by atoms with Crippen LogP contribution in [0.15, 0.2) is 18.2 Å². The fourth-order valence-electron chi connectivity index (χ4n) is 3.98. The van der Waals surface area contributed by atoms with E-state index in [1.54, 1.807) is 37.3 Å². The topological polar surface area (TPSA) is 97.8 Å². The number of likely N-dealkylation sites (tertiary alicyclic amines) is 1. The minimum absolute atomic E-state index is 0.0893. The van der Waals surface area contributed by atoms with Crippen molar-refractivity contribution >= 4 is 12.0 Å². The summed E-state index contributed by atoms with van der Waals surface area (Å²) in [7, 11) is 3.28. The number of amides is 2. The molecular weight excluding hydrogens is 428 g/mol. The first-order chi connectivity index (χ1) is 15.9. The molecule has 1 fully saturated rings. The molecular formula is C24H38N2O7. The fourth-order valence-corrected chi connectivity index (χ4v) is 3.98. The van der Waals surface area contributed by atoms with Gasteiger partial charge in [-0.05, 0) is 38.8 Å². The van der Waals surface area contributed by atoms with Gasteiger partial charge in [-0.15, -0.1) is 0 Å². The zero-order chi connectivity index (χ0) is 24.2. The molecule has 0 spiro atoms. The summed E-state index contributed by atoms with van der Waals surface area (Å²) in [4.78, 5) is 28.3. The van der Waals surface area contributed by atoms with Crippen molar-refractivity contribution in [1.82, 2.24) is 9.80 Å². The highest BCUT2D eigenvalue weighted by Gasteiger charge is 2.33. The lowest BCUT2D eigenvalue weighted by atomic mass is 10.0. The van der Waals surface area contributed by atoms with Gasteiger partial charge in [0.05, 0.1) is 19.3 Å². The summed E-state index contributed by atoms with van der Waals surface area (Å²) in [6.07, 6.45) is 1.99. The molecule has 1 heterocycles. The van der Waals surface area contributed by atoms with Crippen LogP contribution in [-0.2, 0) is 9.47 Å². The molecule has 33 heavy (non-hydrogen) atoms. The number of rotatable bonds is 13. The Morgan fingerprint density at radius 2 is 1.61 bits per heavy atom. The Hall–Kier alpha value is -2.52. The summed E-state index contributed by atoms with van der Waals surface area (Å²) >= 11 is 0. The van der Waals surface area contributed by atoms with Crippen LogP contribution in [-0.4, -0.2) is 92.7 Å². The van der Waals surface area contributed by atoms with Crippen LogP contribution >= 0.6 is 0 Å². The number of carbonyl (C=O) groups is 2. The predicted octanol–water partition coefficient (Wildman–Crippen LogP) is 3.51. The molecule has 0 bridgehead atoms. The molecule has 0 saturated carbocycles. The summed E-state index contributed by atoms with van der Waals surface area (Å²) in [5.74, 6) is 0.947. The van der Waals surface area contributed by atoms with E-state index in [1.807, 2.05) is 13.8 Å². The van der Waals surface area contributed by atoms with Crippen LogP contribution in [0.3, 0.4) is 0 Å². The van der Waals surface area contributed by atoms with E-state index in [0.717, 1.165) is 25.7 Å². The van der Waals surface area contributed by atoms with E-state index in [9.17, 15) is 14.7 Å². The molecule has 0 aromatic heterocycles. The average molecular weight is 467 g/mol. The Bertz CT molecular complexity index is 726. The number of methoxy groups -OCH3 is 2. The second-order valence-electron chi connectivity index (χ2n) is 8.41. The Labute approximate surface area is 196 Å². The molecule has 0 aliphatic carbocycles. The summed E-state index contributed by atoms with van der Waals surface area (Å²) in [6, 6.07) is 4.96. The molecule has 9 nitrogen and oxygen atoms in total. The highest BCUT2D eigenvalue weighted by atomic mass is 16.5. The van der Waals surface area contributed by atoms with Gasteiger partial charge in [-0.25, -0.2) is 4.79 Å². The Balaban J connectivity index is 2.24. The lowest BCUT2D eigenvalue weighted by molar-refractivity contribution is 0.0449. The lowest BCUT2D eigenvalue weighted by Crippen LogP contribution is -2.53. The number of ether oxygens (including phenoxy) is 4. The smallest absolute Gasteiger partial charge is 0.407 e. The first-order valence-electron chi connectivity index (χ1n) is 11.6. The minimum atomic E-state index is -0.950. The third kappa shape index (κ3) is 8.40. The third-order valence-corrected chi connectivity index (χ3v) is 5.50. The first kappa shape index (κ1) is 26.7. The van der Waals surface area contributed by atoms with Crippen molar-refractivity contribution < 1.29 is 33.6 Å². The van der Waals surface area contributed by atoms with Gasteiger partial charge in [-0.2, -0.15) is 0 Å². The Morgan fingerprint density at radius 3 is 2.09 bits per heavy atom. The van der Waals surface area contributed by atoms with Crippen LogP contribution in [0.1, 0.15) is 49.9 Å². The van der Waals surface area contributed by atoms with Crippen molar-refractivity contribution in [2.45, 2.75) is 51.6 Å². The maximum atomic E-state index is 13.6. The van der Waals surface area contributed by atoms with Gasteiger partial charge in [0, 0.05) is 71.0 Å². The normalized spacial score (nSPS) is 16.0. The third-order valence-electron chi connectivity index (χ3n) is 5.50. The Morgan fingerprint density at radius 1 is 1.03 bits per heavy atom. The number of piperidine rings is 1. The van der Waals surface area contributed by atoms with Gasteiger partial charge in [-0.1, -0.05) is 0 Å². The largest absolute Gasteiger partial charge is 0.493 e. The van der Waals surface area contributed by atoms with E-state index in [1.165, 1.54) is 4.90 Å². The average Bonchev–Trinajstić information content (AvgIpc) is 2.79. The zero-order valence-electron chi connectivity index (χ0n) is 20.2. The summed E-state index contributed by atoms with van der Waals surface area (Å²) < 4.78 is 21.9. The quantitative estimate of drug-likeness (QED) is 0.444. The number of carbonyl (C=O) groups excluding carboxylic acids is 1. The number of nitrogens with zero attached hydrogens (tertiary/aromatic N) is 2. The molecule has 0 unspecified atom stereocenters. The summed E-state index contributed by atoms with van der Waals surface area (Å²) in [5.41, 5.74) is 0.460. The van der Waals surface area contributed by atoms with Crippen molar-refractivity contribution in [2.75, 3.05) is 53.7 Å². The van der Waals surface area contributed by atoms with E-state index in [-0.39, 0.29) is 18.0 Å². The fraction of sp³-hybridized carbons (Fsp3) is 0.667. The summed E-state index contributed by atoms with van der Waals surface area (Å²) in [6.45, 7) is 6.79. The SMILES string of the molecule is COCCCOc1cc(OCCCOC)cc(C(=O)N(C(C)C)[C@@H]2CCCN(C(=O)O)C2)c1. The number of hydrogen-bond acceptors (Lipinski definition) is 6. The van der Waals surface area contributed by atoms with Crippen molar-refractivity contribution in [3.8, 4) is 11.5 Å². The van der Waals surface area contributed by atoms with Crippen LogP contribution < -0.4 is 9.47 Å². The monoisotopic (exact) mass is 466 g/mol. The van der Waals surface area contributed by atoms with Gasteiger partial charge in [0.1, 0.15) is 11.5 Å². The molecule has 1 aromatic carbocycles. The summed E-state index contributed by atoms with van der Waals surface area (Å²) in [5, 5.41) is 9.42. The number of benzene rings is 1. The molecule has 2 rings (SSSR count). The first-order valence-corrected chi connectivity index (χ1v) is 11.6. The van der Waals surface area contributed by atoms with E-state index < -0.39 is 6.09 Å². The van der Waals surface area contributed by atoms with Crippen LogP contribution in [0.2, 0.25) is 0 Å². The van der Waals surface area contributed by atoms with Gasteiger partial charge in [0.2, 0.25) is 0 Å². The highest BCUT2D eigenvalue weighted by molar-refractivity contribution is 5.95. The van der Waals surface area contributed by atoms with Gasteiger partial charge in [0.15, 0.2) is 0 Å². The minimum Gasteiger partial charge on any atom is -0.493 e. The second kappa shape index (κ2) is 13.9. The highest BCUT2D eigenvalue weighted by Crippen LogP contribution is 2.27. The number of carboxylic acid groups (broad SMARTS) is 1. The van der Waals surface area contributed by atoms with E-state index >= 15 is 0 Å². The van der Waals surface area contributed by atoms with Gasteiger partial charge < -0.3 is 33.9 Å². The molecule has 0 radical (unpaired) electrons. The van der Waals surface area contributed by atoms with Gasteiger partial charge >= 0.3 is 6.09 Å². The molecule has 9 heteroatoms. The van der Waals surface area contributed by atoms with Crippen LogP contribution in [0.4, 0.5) is 4.79 Å². The zero-order valence-corrected chi connectivity index (χ0v) is 20.2. The van der Waals surface area contributed by atoms with E-state index in [4.69, 9.17) is 18.9 Å². The predicted molar refractivity (Wildman–Crippen MR) is 124 cm³/mol. The molecule has 1 aliphatic rings. The molecule has 2 amide bonds. The van der Waals surface area contributed by atoms with E-state index in [0.29, 0.717) is 56.6 Å². The molecule has 1 aliphatic heterocycles. The maximum Gasteiger partial charge on any atom is 0.407 e. The molecule has 1 aromatic rings. The van der Waals surface area contributed by atoms with E-state index in [2.05, 4.69) is 0 Å². The van der Waals surface area contributed by atoms with Gasteiger partial charge in [-0.3, -0.25) is 4.79 Å². The van der Waals surface area contributed by atoms with Crippen molar-refractivity contribution in [3.63, 3.8) is 0 Å². The van der Waals surface area contributed by atoms with Gasteiger partial charge in [0.25, 0.3) is 5.91 Å². The standard InChI is InChI=1S/C24H38N2O7/c1-18(2)26(20-8-5-9-25(17-20)24(28)29)23(27)19-14-21(32-12-6-10-30-3)16-22(15-19)33-13-7-11-31-4/h14-16,18,20H,5-13,17H2,1-4H3,(H,28,29)/t20-/m1/s1. The second-order valence-corrected chi connectivity index (χ2v) is 8.41. The van der Waals surface area contributed by atoms with Crippen molar-refractivity contribution in [2.24, 2.45) is 0 Å². The van der Waals surface area contributed by atoms with Crippen LogP contribution in [0, 0.1) is 0 Å². The molecule has 186 valence electrons. The van der Waals surface area contributed by atoms with Crippen LogP contribution in [0.5, 0.6) is 11.5 Å². The Kier molecular flexibility index (Phi) is 11.3. The number of hydrogen-bond donors (Lipinski definition) is 1. The lowest BCUT2D eigenvalue weighted by Gasteiger charge is -2.40. The van der Waals surface area contributed by atoms with Crippen molar-refractivity contribution in [1.29, 1.82) is 0 Å². The molecule has 1 saturated heterocycles. The molecule has 1 N–H and O–H groups in total. The molecule has 1 atom stereocenters.